The molecule has 1 rings (SSSR count). The Labute approximate surface area is 82.9 Å². The van der Waals surface area contributed by atoms with Crippen LogP contribution in [-0.4, -0.2) is 30.1 Å². The molecule has 0 aromatic heterocycles. The van der Waals surface area contributed by atoms with E-state index in [4.69, 9.17) is 10.0 Å². The highest BCUT2D eigenvalue weighted by Gasteiger charge is 2.12. The van der Waals surface area contributed by atoms with E-state index in [1.165, 1.54) is 11.8 Å². The number of rotatable bonds is 2. The van der Waals surface area contributed by atoms with Gasteiger partial charge in [-0.2, -0.15) is 0 Å². The molecule has 0 heterocycles. The molecule has 0 unspecified atom stereocenters. The SMILES string of the molecule is CC(=O)N(C)c1cccc(B(O)O)c1. The van der Waals surface area contributed by atoms with Crippen LogP contribution in [0.4, 0.5) is 5.69 Å². The topological polar surface area (TPSA) is 60.8 Å². The van der Waals surface area contributed by atoms with Crippen LogP contribution in [0.3, 0.4) is 0 Å². The average Bonchev–Trinajstić information content (AvgIpc) is 2.16. The molecule has 0 aliphatic rings. The molecular formula is C9H12BNO3. The van der Waals surface area contributed by atoms with Crippen molar-refractivity contribution in [2.24, 2.45) is 0 Å². The second-order valence-electron chi connectivity index (χ2n) is 3.05. The Morgan fingerprint density at radius 3 is 2.57 bits per heavy atom. The molecule has 4 nitrogen and oxygen atoms in total. The third kappa shape index (κ3) is 2.34. The van der Waals surface area contributed by atoms with Gasteiger partial charge >= 0.3 is 7.12 Å². The molecule has 1 aromatic carbocycles. The molecule has 1 aromatic rings. The highest BCUT2D eigenvalue weighted by atomic mass is 16.4. The molecule has 2 N–H and O–H groups in total. The molecule has 1 amide bonds. The van der Waals surface area contributed by atoms with Crippen LogP contribution in [0.5, 0.6) is 0 Å². The van der Waals surface area contributed by atoms with E-state index in [1.807, 2.05) is 0 Å². The van der Waals surface area contributed by atoms with Crippen LogP contribution in [0.2, 0.25) is 0 Å². The Hall–Kier alpha value is -1.33. The normalized spacial score (nSPS) is 9.71. The van der Waals surface area contributed by atoms with Crippen molar-refractivity contribution in [3.8, 4) is 0 Å². The first-order valence-corrected chi connectivity index (χ1v) is 4.22. The lowest BCUT2D eigenvalue weighted by atomic mass is 9.80. The molecule has 0 bridgehead atoms. The van der Waals surface area contributed by atoms with Crippen LogP contribution in [0.1, 0.15) is 6.92 Å². The maximum atomic E-state index is 11.0. The standard InChI is InChI=1S/C9H12BNO3/c1-7(12)11(2)9-5-3-4-8(6-9)10(13)14/h3-6,13-14H,1-2H3. The minimum Gasteiger partial charge on any atom is -0.423 e. The molecule has 0 spiro atoms. The van der Waals surface area contributed by atoms with Crippen molar-refractivity contribution >= 4 is 24.2 Å². The molecule has 0 aliphatic heterocycles. The fourth-order valence-electron chi connectivity index (χ4n) is 1.08. The highest BCUT2D eigenvalue weighted by Crippen LogP contribution is 2.09. The Morgan fingerprint density at radius 1 is 1.43 bits per heavy atom. The van der Waals surface area contributed by atoms with Crippen molar-refractivity contribution in [2.45, 2.75) is 6.92 Å². The first-order valence-electron chi connectivity index (χ1n) is 4.22. The lowest BCUT2D eigenvalue weighted by molar-refractivity contribution is -0.116. The van der Waals surface area contributed by atoms with E-state index in [2.05, 4.69) is 0 Å². The van der Waals surface area contributed by atoms with Gasteiger partial charge in [-0.05, 0) is 17.6 Å². The van der Waals surface area contributed by atoms with E-state index in [9.17, 15) is 4.79 Å². The number of hydrogen-bond donors (Lipinski definition) is 2. The van der Waals surface area contributed by atoms with E-state index < -0.39 is 7.12 Å². The Morgan fingerprint density at radius 2 is 2.07 bits per heavy atom. The van der Waals surface area contributed by atoms with E-state index in [-0.39, 0.29) is 5.91 Å². The number of anilines is 1. The molecule has 5 heteroatoms. The molecular weight excluding hydrogens is 181 g/mol. The van der Waals surface area contributed by atoms with E-state index in [0.29, 0.717) is 11.2 Å². The minimum atomic E-state index is -1.50. The van der Waals surface area contributed by atoms with Crippen molar-refractivity contribution in [3.63, 3.8) is 0 Å². The third-order valence-corrected chi connectivity index (χ3v) is 2.03. The molecule has 0 atom stereocenters. The van der Waals surface area contributed by atoms with Crippen LogP contribution in [-0.2, 0) is 4.79 Å². The van der Waals surface area contributed by atoms with Crippen molar-refractivity contribution in [1.82, 2.24) is 0 Å². The first kappa shape index (κ1) is 10.8. The van der Waals surface area contributed by atoms with Crippen LogP contribution >= 0.6 is 0 Å². The quantitative estimate of drug-likeness (QED) is 0.613. The van der Waals surface area contributed by atoms with Crippen molar-refractivity contribution < 1.29 is 14.8 Å². The Balaban J connectivity index is 2.99. The average molecular weight is 193 g/mol. The summed E-state index contributed by atoms with van der Waals surface area (Å²) in [5, 5.41) is 17.8. The van der Waals surface area contributed by atoms with E-state index in [1.54, 1.807) is 31.3 Å². The first-order chi connectivity index (χ1) is 6.52. The summed E-state index contributed by atoms with van der Waals surface area (Å²) in [6, 6.07) is 6.55. The number of hydrogen-bond acceptors (Lipinski definition) is 3. The van der Waals surface area contributed by atoms with Gasteiger partial charge in [-0.3, -0.25) is 4.79 Å². The van der Waals surface area contributed by atoms with Gasteiger partial charge in [0.1, 0.15) is 0 Å². The molecule has 0 radical (unpaired) electrons. The summed E-state index contributed by atoms with van der Waals surface area (Å²) in [5.41, 5.74) is 1.01. The molecule has 0 saturated heterocycles. The van der Waals surface area contributed by atoms with Gasteiger partial charge in [0.2, 0.25) is 5.91 Å². The highest BCUT2D eigenvalue weighted by molar-refractivity contribution is 6.58. The van der Waals surface area contributed by atoms with Crippen LogP contribution < -0.4 is 10.4 Å². The molecule has 0 aliphatic carbocycles. The van der Waals surface area contributed by atoms with E-state index in [0.717, 1.165) is 0 Å². The maximum absolute atomic E-state index is 11.0. The number of carbonyl (C=O) groups is 1. The lowest BCUT2D eigenvalue weighted by Crippen LogP contribution is -2.31. The second-order valence-corrected chi connectivity index (χ2v) is 3.05. The molecule has 0 saturated carbocycles. The van der Waals surface area contributed by atoms with Gasteiger partial charge in [-0.1, -0.05) is 12.1 Å². The number of carbonyl (C=O) groups excluding carboxylic acids is 1. The number of nitrogens with zero attached hydrogens (tertiary/aromatic N) is 1. The predicted octanol–water partition coefficient (Wildman–Crippen LogP) is -0.651. The Bertz CT molecular complexity index is 341. The van der Waals surface area contributed by atoms with Gasteiger partial charge in [-0.15, -0.1) is 0 Å². The molecule has 74 valence electrons. The monoisotopic (exact) mass is 193 g/mol. The Kier molecular flexibility index (Phi) is 3.27. The third-order valence-electron chi connectivity index (χ3n) is 2.03. The van der Waals surface area contributed by atoms with Crippen molar-refractivity contribution in [1.29, 1.82) is 0 Å². The smallest absolute Gasteiger partial charge is 0.423 e. The molecule has 0 fully saturated rings. The lowest BCUT2D eigenvalue weighted by Gasteiger charge is -2.15. The number of benzene rings is 1. The molecule has 14 heavy (non-hydrogen) atoms. The van der Waals surface area contributed by atoms with Gasteiger partial charge in [0.25, 0.3) is 0 Å². The van der Waals surface area contributed by atoms with Gasteiger partial charge in [0.05, 0.1) is 0 Å². The zero-order valence-electron chi connectivity index (χ0n) is 8.14. The maximum Gasteiger partial charge on any atom is 0.488 e. The summed E-state index contributed by atoms with van der Waals surface area (Å²) < 4.78 is 0. The summed E-state index contributed by atoms with van der Waals surface area (Å²) in [7, 11) is 0.126. The minimum absolute atomic E-state index is 0.102. The summed E-state index contributed by atoms with van der Waals surface area (Å²) in [6.07, 6.45) is 0. The van der Waals surface area contributed by atoms with Gasteiger partial charge < -0.3 is 14.9 Å². The zero-order chi connectivity index (χ0) is 10.7. The zero-order valence-corrected chi connectivity index (χ0v) is 8.14. The predicted molar refractivity (Wildman–Crippen MR) is 55.4 cm³/mol. The van der Waals surface area contributed by atoms with Crippen LogP contribution in [0.15, 0.2) is 24.3 Å². The summed E-state index contributed by atoms with van der Waals surface area (Å²) in [5.74, 6) is -0.102. The fourth-order valence-corrected chi connectivity index (χ4v) is 1.08. The fraction of sp³-hybridized carbons (Fsp3) is 0.222. The summed E-state index contributed by atoms with van der Waals surface area (Å²) in [4.78, 5) is 12.5. The van der Waals surface area contributed by atoms with Crippen LogP contribution in [0, 0.1) is 0 Å². The van der Waals surface area contributed by atoms with Crippen LogP contribution in [0.25, 0.3) is 0 Å². The van der Waals surface area contributed by atoms with E-state index >= 15 is 0 Å². The van der Waals surface area contributed by atoms with Gasteiger partial charge in [0.15, 0.2) is 0 Å². The van der Waals surface area contributed by atoms with Crippen molar-refractivity contribution in [3.05, 3.63) is 24.3 Å². The number of amides is 1. The second kappa shape index (κ2) is 4.26. The largest absolute Gasteiger partial charge is 0.488 e. The summed E-state index contributed by atoms with van der Waals surface area (Å²) >= 11 is 0. The van der Waals surface area contributed by atoms with Crippen molar-refractivity contribution in [2.75, 3.05) is 11.9 Å². The van der Waals surface area contributed by atoms with Gasteiger partial charge in [-0.25, -0.2) is 0 Å². The summed E-state index contributed by atoms with van der Waals surface area (Å²) in [6.45, 7) is 1.45. The van der Waals surface area contributed by atoms with Gasteiger partial charge in [0, 0.05) is 19.7 Å².